The Bertz CT molecular complexity index is 1420. The summed E-state index contributed by atoms with van der Waals surface area (Å²) in [7, 11) is 1.91. The van der Waals surface area contributed by atoms with E-state index < -0.39 is 5.82 Å². The second-order valence-corrected chi connectivity index (χ2v) is 7.97. The summed E-state index contributed by atoms with van der Waals surface area (Å²) in [6, 6.07) is 18.5. The third kappa shape index (κ3) is 3.09. The molecule has 0 atom stereocenters. The van der Waals surface area contributed by atoms with E-state index in [0.717, 1.165) is 22.7 Å². The summed E-state index contributed by atoms with van der Waals surface area (Å²) in [4.78, 5) is 10.8. The van der Waals surface area contributed by atoms with Gasteiger partial charge in [-0.05, 0) is 53.6 Å². The van der Waals surface area contributed by atoms with Gasteiger partial charge in [0.25, 0.3) is 5.78 Å². The quantitative estimate of drug-likeness (QED) is 0.411. The molecule has 5 aromatic rings. The van der Waals surface area contributed by atoms with E-state index in [0.29, 0.717) is 22.6 Å². The predicted octanol–water partition coefficient (Wildman–Crippen LogP) is 5.12. The monoisotopic (exact) mass is 410 g/mol. The molecule has 0 aliphatic heterocycles. The van der Waals surface area contributed by atoms with Crippen molar-refractivity contribution >= 4 is 28.3 Å². The van der Waals surface area contributed by atoms with Crippen molar-refractivity contribution in [3.05, 3.63) is 78.5 Å². The summed E-state index contributed by atoms with van der Waals surface area (Å²) < 4.78 is 15.7. The Morgan fingerprint density at radius 2 is 1.87 bits per heavy atom. The largest absolute Gasteiger partial charge is 0.329 e. The van der Waals surface area contributed by atoms with Crippen LogP contribution >= 0.6 is 0 Å². The number of hydrogen-bond donors (Lipinski definition) is 0. The first-order valence-corrected chi connectivity index (χ1v) is 10.3. The molecule has 1 aliphatic rings. The lowest BCUT2D eigenvalue weighted by molar-refractivity contribution is 0.623. The molecule has 7 heteroatoms. The number of hydrogen-bond acceptors (Lipinski definition) is 5. The average Bonchev–Trinajstić information content (AvgIpc) is 3.55. The van der Waals surface area contributed by atoms with Crippen LogP contribution < -0.4 is 4.90 Å². The molecular formula is C24H19FN6. The van der Waals surface area contributed by atoms with Gasteiger partial charge in [-0.1, -0.05) is 36.4 Å². The Morgan fingerprint density at radius 3 is 2.68 bits per heavy atom. The first-order chi connectivity index (χ1) is 15.2. The molecule has 0 unspecified atom stereocenters. The van der Waals surface area contributed by atoms with Crippen LogP contribution in [0.1, 0.15) is 24.3 Å². The summed E-state index contributed by atoms with van der Waals surface area (Å²) in [6.07, 6.45) is 5.32. The fourth-order valence-corrected chi connectivity index (χ4v) is 4.03. The van der Waals surface area contributed by atoms with E-state index >= 15 is 0 Å². The van der Waals surface area contributed by atoms with Crippen LogP contribution in [0.5, 0.6) is 0 Å². The van der Waals surface area contributed by atoms with Crippen LogP contribution in [0, 0.1) is 5.82 Å². The van der Waals surface area contributed by atoms with E-state index in [2.05, 4.69) is 56.6 Å². The molecule has 3 aromatic heterocycles. The molecule has 152 valence electrons. The number of anilines is 2. The Kier molecular flexibility index (Phi) is 3.96. The average molecular weight is 410 g/mol. The molecule has 6 nitrogen and oxygen atoms in total. The van der Waals surface area contributed by atoms with Gasteiger partial charge in [-0.15, -0.1) is 10.2 Å². The number of halogens is 1. The van der Waals surface area contributed by atoms with Crippen LogP contribution in [0.25, 0.3) is 27.9 Å². The van der Waals surface area contributed by atoms with Crippen LogP contribution in [0.2, 0.25) is 0 Å². The van der Waals surface area contributed by atoms with E-state index in [-0.39, 0.29) is 0 Å². The van der Waals surface area contributed by atoms with Crippen molar-refractivity contribution in [2.45, 2.75) is 18.8 Å². The minimum absolute atomic E-state index is 0.416. The summed E-state index contributed by atoms with van der Waals surface area (Å²) in [6.45, 7) is 0. The zero-order chi connectivity index (χ0) is 20.9. The number of pyridine rings is 1. The Morgan fingerprint density at radius 1 is 1.03 bits per heavy atom. The van der Waals surface area contributed by atoms with E-state index in [1.165, 1.54) is 37.0 Å². The molecule has 0 bridgehead atoms. The molecule has 31 heavy (non-hydrogen) atoms. The minimum atomic E-state index is -0.416. The van der Waals surface area contributed by atoms with Crippen LogP contribution in [0.4, 0.5) is 15.9 Å². The summed E-state index contributed by atoms with van der Waals surface area (Å²) in [5.74, 6) is 1.32. The highest BCUT2D eigenvalue weighted by molar-refractivity contribution is 5.91. The van der Waals surface area contributed by atoms with E-state index in [1.807, 2.05) is 24.1 Å². The number of benzene rings is 2. The number of fused-ring (bicyclic) bond motifs is 3. The van der Waals surface area contributed by atoms with Crippen molar-refractivity contribution in [2.75, 3.05) is 11.9 Å². The van der Waals surface area contributed by atoms with E-state index in [4.69, 9.17) is 0 Å². The first kappa shape index (κ1) is 17.9. The molecule has 3 heterocycles. The van der Waals surface area contributed by atoms with Gasteiger partial charge in [0.05, 0.1) is 11.6 Å². The molecule has 2 aromatic carbocycles. The Balaban J connectivity index is 1.44. The zero-order valence-corrected chi connectivity index (χ0v) is 16.9. The number of aromatic nitrogens is 5. The minimum Gasteiger partial charge on any atom is -0.329 e. The molecule has 0 amide bonds. The molecule has 1 saturated carbocycles. The fourth-order valence-electron chi connectivity index (χ4n) is 4.03. The van der Waals surface area contributed by atoms with Gasteiger partial charge < -0.3 is 4.90 Å². The summed E-state index contributed by atoms with van der Waals surface area (Å²) in [5, 5.41) is 8.58. The van der Waals surface area contributed by atoms with Gasteiger partial charge >= 0.3 is 0 Å². The van der Waals surface area contributed by atoms with Crippen molar-refractivity contribution in [3.8, 4) is 11.1 Å². The molecule has 0 radical (unpaired) electrons. The van der Waals surface area contributed by atoms with Crippen LogP contribution in [-0.2, 0) is 0 Å². The standard InChI is InChI=1S/C24H19FN6/c1-30(23-21-12-19(25)13-26-22(21)31-14-27-29-24(31)28-23)20-4-2-3-18(11-20)17-9-7-16(8-10-17)15-5-6-15/h2-4,7-15H,5-6H2,1H3. The second-order valence-electron chi connectivity index (χ2n) is 7.97. The Hall–Kier alpha value is -3.87. The lowest BCUT2D eigenvalue weighted by Gasteiger charge is -2.21. The van der Waals surface area contributed by atoms with Gasteiger partial charge in [-0.3, -0.25) is 0 Å². The van der Waals surface area contributed by atoms with Crippen molar-refractivity contribution < 1.29 is 4.39 Å². The summed E-state index contributed by atoms with van der Waals surface area (Å²) >= 11 is 0. The molecule has 0 saturated heterocycles. The molecule has 0 N–H and O–H groups in total. The van der Waals surface area contributed by atoms with E-state index in [9.17, 15) is 4.39 Å². The van der Waals surface area contributed by atoms with Gasteiger partial charge in [-0.25, -0.2) is 13.8 Å². The smallest absolute Gasteiger partial charge is 0.258 e. The maximum Gasteiger partial charge on any atom is 0.258 e. The third-order valence-corrected chi connectivity index (χ3v) is 5.88. The first-order valence-electron chi connectivity index (χ1n) is 10.3. The third-order valence-electron chi connectivity index (χ3n) is 5.88. The predicted molar refractivity (Wildman–Crippen MR) is 118 cm³/mol. The molecule has 6 rings (SSSR count). The fraction of sp³-hybridized carbons (Fsp3) is 0.167. The van der Waals surface area contributed by atoms with Gasteiger partial charge in [0, 0.05) is 12.7 Å². The van der Waals surface area contributed by atoms with Crippen LogP contribution in [0.15, 0.2) is 67.1 Å². The molecule has 1 fully saturated rings. The highest BCUT2D eigenvalue weighted by Gasteiger charge is 2.23. The van der Waals surface area contributed by atoms with Gasteiger partial charge in [0.1, 0.15) is 18.0 Å². The normalized spacial score (nSPS) is 13.7. The lowest BCUT2D eigenvalue weighted by atomic mass is 10.0. The highest BCUT2D eigenvalue weighted by atomic mass is 19.1. The second kappa shape index (κ2) is 6.84. The van der Waals surface area contributed by atoms with Gasteiger partial charge in [0.15, 0.2) is 5.65 Å². The van der Waals surface area contributed by atoms with Crippen molar-refractivity contribution in [2.24, 2.45) is 0 Å². The van der Waals surface area contributed by atoms with E-state index in [1.54, 1.807) is 4.40 Å². The van der Waals surface area contributed by atoms with Crippen LogP contribution in [0.3, 0.4) is 0 Å². The van der Waals surface area contributed by atoms with Crippen molar-refractivity contribution in [1.82, 2.24) is 24.6 Å². The van der Waals surface area contributed by atoms with Crippen LogP contribution in [-0.4, -0.2) is 31.6 Å². The maximum atomic E-state index is 14.0. The zero-order valence-electron chi connectivity index (χ0n) is 16.9. The molecule has 1 aliphatic carbocycles. The lowest BCUT2D eigenvalue weighted by Crippen LogP contribution is -2.13. The van der Waals surface area contributed by atoms with Crippen molar-refractivity contribution in [1.29, 1.82) is 0 Å². The number of rotatable bonds is 4. The van der Waals surface area contributed by atoms with Gasteiger partial charge in [0.2, 0.25) is 0 Å². The summed E-state index contributed by atoms with van der Waals surface area (Å²) in [5.41, 5.74) is 5.20. The molecular weight excluding hydrogens is 391 g/mol. The van der Waals surface area contributed by atoms with Crippen molar-refractivity contribution in [3.63, 3.8) is 0 Å². The van der Waals surface area contributed by atoms with Gasteiger partial charge in [-0.2, -0.15) is 4.98 Å². The maximum absolute atomic E-state index is 14.0. The Labute approximate surface area is 178 Å². The molecule has 0 spiro atoms. The highest BCUT2D eigenvalue weighted by Crippen LogP contribution is 2.40. The SMILES string of the molecule is CN(c1cccc(-c2ccc(C3CC3)cc2)c1)c1nc2nncn2c2ncc(F)cc12. The topological polar surface area (TPSA) is 59.2 Å². The number of nitrogens with zero attached hydrogens (tertiary/aromatic N) is 6.